The smallest absolute Gasteiger partial charge is 0.249 e. The van der Waals surface area contributed by atoms with Crippen LogP contribution in [-0.4, -0.2) is 62.8 Å². The van der Waals surface area contributed by atoms with E-state index in [9.17, 15) is 9.18 Å². The number of ether oxygens (including phenoxy) is 1. The molecule has 1 aromatic rings. The van der Waals surface area contributed by atoms with Crippen LogP contribution in [0.2, 0.25) is 0 Å². The first-order valence-corrected chi connectivity index (χ1v) is 9.36. The second-order valence-corrected chi connectivity index (χ2v) is 7.28. The molecule has 1 unspecified atom stereocenters. The zero-order chi connectivity index (χ0) is 18.7. The van der Waals surface area contributed by atoms with Crippen LogP contribution in [0.1, 0.15) is 31.4 Å². The summed E-state index contributed by atoms with van der Waals surface area (Å²) in [6.45, 7) is 6.03. The van der Waals surface area contributed by atoms with E-state index in [4.69, 9.17) is 10.5 Å². The van der Waals surface area contributed by atoms with Crippen molar-refractivity contribution in [1.29, 1.82) is 0 Å². The number of carbonyl (C=O) groups is 1. The summed E-state index contributed by atoms with van der Waals surface area (Å²) in [5.41, 5.74) is 7.40. The minimum absolute atomic E-state index is 0. The van der Waals surface area contributed by atoms with Crippen LogP contribution in [0.4, 0.5) is 10.1 Å². The molecule has 3 N–H and O–H groups in total. The highest BCUT2D eigenvalue weighted by Gasteiger charge is 2.31. The van der Waals surface area contributed by atoms with Crippen molar-refractivity contribution in [1.82, 2.24) is 10.2 Å². The van der Waals surface area contributed by atoms with E-state index in [1.807, 2.05) is 13.0 Å². The quantitative estimate of drug-likeness (QED) is 0.688. The summed E-state index contributed by atoms with van der Waals surface area (Å²) in [6.07, 6.45) is 0.965. The SMILES string of the molecule is CC(NC(=O)[C@@H]1CC[C@H](CN)O1)c1cc(F)ccc1N1CCN(C)CC1.Cl.Cl.Cl. The van der Waals surface area contributed by atoms with Gasteiger partial charge in [0.25, 0.3) is 0 Å². The third-order valence-electron chi connectivity index (χ3n) is 5.32. The maximum atomic E-state index is 13.9. The highest BCUT2D eigenvalue weighted by molar-refractivity contribution is 5.86. The topological polar surface area (TPSA) is 70.8 Å². The number of rotatable bonds is 5. The molecule has 2 aliphatic rings. The average molecular weight is 474 g/mol. The highest BCUT2D eigenvalue weighted by Crippen LogP contribution is 2.29. The van der Waals surface area contributed by atoms with Gasteiger partial charge < -0.3 is 25.6 Å². The predicted molar refractivity (Wildman–Crippen MR) is 121 cm³/mol. The van der Waals surface area contributed by atoms with Crippen molar-refractivity contribution < 1.29 is 13.9 Å². The lowest BCUT2D eigenvalue weighted by Crippen LogP contribution is -2.45. The maximum Gasteiger partial charge on any atom is 0.249 e. The van der Waals surface area contributed by atoms with Crippen molar-refractivity contribution in [3.8, 4) is 0 Å². The molecule has 1 amide bonds. The Balaban J connectivity index is 0.00000261. The predicted octanol–water partition coefficient (Wildman–Crippen LogP) is 2.53. The summed E-state index contributed by atoms with van der Waals surface area (Å²) in [6, 6.07) is 4.53. The Hall–Kier alpha value is -0.830. The van der Waals surface area contributed by atoms with Gasteiger partial charge in [-0.1, -0.05) is 0 Å². The molecule has 0 spiro atoms. The normalized spacial score (nSPS) is 22.7. The Morgan fingerprint density at radius 3 is 2.48 bits per heavy atom. The zero-order valence-electron chi connectivity index (χ0n) is 16.8. The van der Waals surface area contributed by atoms with Crippen molar-refractivity contribution in [2.24, 2.45) is 5.73 Å². The van der Waals surface area contributed by atoms with Gasteiger partial charge in [0.05, 0.1) is 12.1 Å². The number of nitrogens with two attached hydrogens (primary N) is 1. The first kappa shape index (κ1) is 28.2. The fourth-order valence-corrected chi connectivity index (χ4v) is 3.66. The van der Waals surface area contributed by atoms with Gasteiger partial charge in [0.15, 0.2) is 0 Å². The van der Waals surface area contributed by atoms with Gasteiger partial charge in [0, 0.05) is 44.0 Å². The molecule has 0 radical (unpaired) electrons. The van der Waals surface area contributed by atoms with E-state index in [0.29, 0.717) is 13.0 Å². The molecule has 0 aromatic heterocycles. The number of likely N-dealkylation sites (N-methyl/N-ethyl adjacent to an activating group) is 1. The molecule has 10 heteroatoms. The second-order valence-electron chi connectivity index (χ2n) is 7.28. The summed E-state index contributed by atoms with van der Waals surface area (Å²) in [4.78, 5) is 17.0. The van der Waals surface area contributed by atoms with Crippen molar-refractivity contribution in [3.63, 3.8) is 0 Å². The fraction of sp³-hybridized carbons (Fsp3) is 0.632. The summed E-state index contributed by atoms with van der Waals surface area (Å²) >= 11 is 0. The number of piperazine rings is 1. The molecular weight excluding hydrogens is 442 g/mol. The van der Waals surface area contributed by atoms with Crippen LogP contribution in [0.25, 0.3) is 0 Å². The summed E-state index contributed by atoms with van der Waals surface area (Å²) in [5.74, 6) is -0.443. The van der Waals surface area contributed by atoms with Crippen molar-refractivity contribution in [3.05, 3.63) is 29.6 Å². The number of carbonyl (C=O) groups excluding carboxylic acids is 1. The largest absolute Gasteiger partial charge is 0.369 e. The molecular formula is C19H32Cl3FN4O2. The minimum Gasteiger partial charge on any atom is -0.369 e. The lowest BCUT2D eigenvalue weighted by atomic mass is 10.0. The number of nitrogens with zero attached hydrogens (tertiary/aromatic N) is 2. The summed E-state index contributed by atoms with van der Waals surface area (Å²) in [5, 5.41) is 2.99. The van der Waals surface area contributed by atoms with Crippen molar-refractivity contribution in [2.75, 3.05) is 44.7 Å². The van der Waals surface area contributed by atoms with E-state index in [0.717, 1.165) is 43.9 Å². The molecule has 2 fully saturated rings. The van der Waals surface area contributed by atoms with Crippen LogP contribution < -0.4 is 16.0 Å². The van der Waals surface area contributed by atoms with Crippen LogP contribution in [-0.2, 0) is 9.53 Å². The first-order chi connectivity index (χ1) is 12.5. The van der Waals surface area contributed by atoms with Gasteiger partial charge in [0.2, 0.25) is 5.91 Å². The van der Waals surface area contributed by atoms with Gasteiger partial charge >= 0.3 is 0 Å². The van der Waals surface area contributed by atoms with E-state index < -0.39 is 6.10 Å². The van der Waals surface area contributed by atoms with E-state index >= 15 is 0 Å². The third kappa shape index (κ3) is 7.12. The van der Waals surface area contributed by atoms with Gasteiger partial charge in [-0.05, 0) is 45.0 Å². The van der Waals surface area contributed by atoms with Gasteiger partial charge in [-0.3, -0.25) is 4.79 Å². The van der Waals surface area contributed by atoms with Crippen LogP contribution in [0.5, 0.6) is 0 Å². The Morgan fingerprint density at radius 2 is 1.90 bits per heavy atom. The molecule has 2 saturated heterocycles. The van der Waals surface area contributed by atoms with Crippen molar-refractivity contribution >= 4 is 48.8 Å². The lowest BCUT2D eigenvalue weighted by molar-refractivity contribution is -0.132. The fourth-order valence-electron chi connectivity index (χ4n) is 3.66. The number of halogens is 4. The first-order valence-electron chi connectivity index (χ1n) is 9.36. The van der Waals surface area contributed by atoms with E-state index in [2.05, 4.69) is 22.2 Å². The van der Waals surface area contributed by atoms with E-state index in [1.165, 1.54) is 12.1 Å². The molecule has 168 valence electrons. The summed E-state index contributed by atoms with van der Waals surface area (Å²) in [7, 11) is 2.10. The van der Waals surface area contributed by atoms with Crippen LogP contribution in [0, 0.1) is 5.82 Å². The maximum absolute atomic E-state index is 13.9. The number of hydrogen-bond donors (Lipinski definition) is 2. The molecule has 0 bridgehead atoms. The molecule has 2 heterocycles. The highest BCUT2D eigenvalue weighted by atomic mass is 35.5. The standard InChI is InChI=1S/C19H29FN4O2.3ClH/c1-13(22-19(25)18-6-4-15(12-21)26-18)16-11-14(20)3-5-17(16)24-9-7-23(2)8-10-24;;;/h3,5,11,13,15,18H,4,6-10,12,21H2,1-2H3,(H,22,25);3*1H/t13?,15-,18+;;;/m1.../s1. The molecule has 6 nitrogen and oxygen atoms in total. The summed E-state index contributed by atoms with van der Waals surface area (Å²) < 4.78 is 19.6. The molecule has 2 aliphatic heterocycles. The monoisotopic (exact) mass is 472 g/mol. The Labute approximate surface area is 190 Å². The Bertz CT molecular complexity index is 648. The number of anilines is 1. The van der Waals surface area contributed by atoms with Gasteiger partial charge in [-0.2, -0.15) is 0 Å². The molecule has 0 aliphatic carbocycles. The lowest BCUT2D eigenvalue weighted by Gasteiger charge is -2.36. The molecule has 29 heavy (non-hydrogen) atoms. The van der Waals surface area contributed by atoms with E-state index in [-0.39, 0.29) is 61.1 Å². The van der Waals surface area contributed by atoms with Gasteiger partial charge in [0.1, 0.15) is 11.9 Å². The number of nitrogens with one attached hydrogen (secondary N) is 1. The number of amides is 1. The molecule has 0 saturated carbocycles. The molecule has 3 atom stereocenters. The Kier molecular flexibility index (Phi) is 12.4. The number of benzene rings is 1. The van der Waals surface area contributed by atoms with Gasteiger partial charge in [-0.15, -0.1) is 37.2 Å². The minimum atomic E-state index is -0.466. The van der Waals surface area contributed by atoms with E-state index in [1.54, 1.807) is 0 Å². The van der Waals surface area contributed by atoms with Crippen LogP contribution in [0.15, 0.2) is 18.2 Å². The Morgan fingerprint density at radius 1 is 1.24 bits per heavy atom. The van der Waals surface area contributed by atoms with Crippen LogP contribution >= 0.6 is 37.2 Å². The molecule has 3 rings (SSSR count). The average Bonchev–Trinajstić information content (AvgIpc) is 3.12. The number of hydrogen-bond acceptors (Lipinski definition) is 5. The second kappa shape index (κ2) is 12.8. The molecule has 1 aromatic carbocycles. The van der Waals surface area contributed by atoms with Crippen molar-refractivity contribution in [2.45, 2.75) is 38.0 Å². The third-order valence-corrected chi connectivity index (χ3v) is 5.32. The van der Waals surface area contributed by atoms with Gasteiger partial charge in [-0.25, -0.2) is 4.39 Å². The van der Waals surface area contributed by atoms with Crippen LogP contribution in [0.3, 0.4) is 0 Å². The zero-order valence-corrected chi connectivity index (χ0v) is 19.3.